The van der Waals surface area contributed by atoms with Crippen LogP contribution in [0.15, 0.2) is 31.8 Å². The van der Waals surface area contributed by atoms with Crippen molar-refractivity contribution in [1.82, 2.24) is 4.31 Å². The fraction of sp³-hybridized carbons (Fsp3) is 0.538. The van der Waals surface area contributed by atoms with Crippen molar-refractivity contribution >= 4 is 37.3 Å². The van der Waals surface area contributed by atoms with Crippen LogP contribution in [0, 0.1) is 5.41 Å². The Morgan fingerprint density at radius 1 is 1.32 bits per heavy atom. The average Bonchev–Trinajstić information content (AvgIpc) is 2.76. The van der Waals surface area contributed by atoms with E-state index in [9.17, 15) is 8.42 Å². The molecule has 0 aliphatic carbocycles. The first-order valence-electron chi connectivity index (χ1n) is 6.16. The zero-order valence-electron chi connectivity index (χ0n) is 11.3. The second kappa shape index (κ2) is 5.31. The van der Waals surface area contributed by atoms with Gasteiger partial charge >= 0.3 is 0 Å². The lowest BCUT2D eigenvalue weighted by Gasteiger charge is -2.31. The van der Waals surface area contributed by atoms with Crippen molar-refractivity contribution in [3.05, 3.63) is 27.6 Å². The van der Waals surface area contributed by atoms with Crippen LogP contribution in [0.2, 0.25) is 0 Å². The maximum atomic E-state index is 12.4. The molecule has 1 aromatic rings. The Balaban J connectivity index is 2.20. The molecular formula is C13H18BrNO2S2. The van der Waals surface area contributed by atoms with Crippen LogP contribution in [0.1, 0.15) is 27.2 Å². The molecule has 1 aliphatic rings. The standard InChI is InChI=1S/C13H18BrNO2S2/c1-13(2,3)10-6-8-15(9-7-10)19(16,17)12-5-4-11(14)18-12/h4-6H,7-9H2,1-3H3. The largest absolute Gasteiger partial charge is 0.252 e. The fourth-order valence-electron chi connectivity index (χ4n) is 2.11. The predicted octanol–water partition coefficient (Wildman–Crippen LogP) is 3.88. The molecule has 0 saturated heterocycles. The zero-order valence-corrected chi connectivity index (χ0v) is 14.5. The van der Waals surface area contributed by atoms with Crippen LogP contribution in [0.25, 0.3) is 0 Å². The molecule has 0 unspecified atom stereocenters. The Morgan fingerprint density at radius 3 is 2.42 bits per heavy atom. The summed E-state index contributed by atoms with van der Waals surface area (Å²) in [5, 5.41) is 0. The van der Waals surface area contributed by atoms with Crippen molar-refractivity contribution < 1.29 is 8.42 Å². The second-order valence-corrected chi connectivity index (χ2v) is 10.3. The lowest BCUT2D eigenvalue weighted by Crippen LogP contribution is -2.36. The van der Waals surface area contributed by atoms with Gasteiger partial charge in [-0.1, -0.05) is 32.4 Å². The molecule has 3 nitrogen and oxygen atoms in total. The summed E-state index contributed by atoms with van der Waals surface area (Å²) in [6.07, 6.45) is 2.87. The van der Waals surface area contributed by atoms with E-state index in [1.165, 1.54) is 16.9 Å². The Hall–Kier alpha value is -0.170. The van der Waals surface area contributed by atoms with Gasteiger partial charge in [0, 0.05) is 13.1 Å². The van der Waals surface area contributed by atoms with Gasteiger partial charge < -0.3 is 0 Å². The van der Waals surface area contributed by atoms with Crippen LogP contribution in [-0.2, 0) is 10.0 Å². The highest BCUT2D eigenvalue weighted by molar-refractivity contribution is 9.11. The minimum absolute atomic E-state index is 0.127. The first-order chi connectivity index (χ1) is 8.71. The highest BCUT2D eigenvalue weighted by Crippen LogP contribution is 2.33. The van der Waals surface area contributed by atoms with Gasteiger partial charge in [-0.2, -0.15) is 4.31 Å². The number of rotatable bonds is 2. The molecule has 0 atom stereocenters. The normalized spacial score (nSPS) is 18.4. The molecule has 0 fully saturated rings. The molecule has 106 valence electrons. The maximum Gasteiger partial charge on any atom is 0.252 e. The summed E-state index contributed by atoms with van der Waals surface area (Å²) in [5.74, 6) is 0. The summed E-state index contributed by atoms with van der Waals surface area (Å²) in [7, 11) is -3.33. The van der Waals surface area contributed by atoms with Gasteiger partial charge in [0.2, 0.25) is 0 Å². The number of thiophene rings is 1. The molecule has 0 radical (unpaired) electrons. The second-order valence-electron chi connectivity index (χ2n) is 5.65. The Morgan fingerprint density at radius 2 is 2.00 bits per heavy atom. The van der Waals surface area contributed by atoms with E-state index >= 15 is 0 Å². The van der Waals surface area contributed by atoms with E-state index in [2.05, 4.69) is 42.8 Å². The minimum Gasteiger partial charge on any atom is -0.206 e. The molecule has 1 aromatic heterocycles. The molecule has 0 bridgehead atoms. The average molecular weight is 364 g/mol. The Kier molecular flexibility index (Phi) is 4.26. The first kappa shape index (κ1) is 15.2. The molecule has 0 amide bonds. The van der Waals surface area contributed by atoms with Crippen molar-refractivity contribution in [3.63, 3.8) is 0 Å². The third-order valence-corrected chi connectivity index (χ3v) is 7.23. The van der Waals surface area contributed by atoms with Crippen molar-refractivity contribution in [2.45, 2.75) is 31.4 Å². The van der Waals surface area contributed by atoms with Crippen LogP contribution in [0.5, 0.6) is 0 Å². The molecule has 19 heavy (non-hydrogen) atoms. The predicted molar refractivity (Wildman–Crippen MR) is 82.9 cm³/mol. The number of hydrogen-bond donors (Lipinski definition) is 0. The summed E-state index contributed by atoms with van der Waals surface area (Å²) in [5.41, 5.74) is 1.47. The summed E-state index contributed by atoms with van der Waals surface area (Å²) in [4.78, 5) is 0. The van der Waals surface area contributed by atoms with Gasteiger partial charge in [-0.05, 0) is 39.9 Å². The van der Waals surface area contributed by atoms with Crippen molar-refractivity contribution in [2.75, 3.05) is 13.1 Å². The molecular weight excluding hydrogens is 346 g/mol. The molecule has 0 N–H and O–H groups in total. The summed E-state index contributed by atoms with van der Waals surface area (Å²) in [6, 6.07) is 3.44. The monoisotopic (exact) mass is 363 g/mol. The van der Waals surface area contributed by atoms with Gasteiger partial charge in [-0.3, -0.25) is 0 Å². The molecule has 0 aromatic carbocycles. The lowest BCUT2D eigenvalue weighted by molar-refractivity contribution is 0.390. The highest BCUT2D eigenvalue weighted by Gasteiger charge is 2.29. The number of hydrogen-bond acceptors (Lipinski definition) is 3. The topological polar surface area (TPSA) is 37.4 Å². The third kappa shape index (κ3) is 3.29. The van der Waals surface area contributed by atoms with Gasteiger partial charge in [0.15, 0.2) is 0 Å². The summed E-state index contributed by atoms with van der Waals surface area (Å²) in [6.45, 7) is 7.55. The van der Waals surface area contributed by atoms with Crippen LogP contribution in [0.4, 0.5) is 0 Å². The minimum atomic E-state index is -3.33. The number of halogens is 1. The Bertz CT molecular complexity index is 596. The summed E-state index contributed by atoms with van der Waals surface area (Å²) < 4.78 is 27.7. The number of sulfonamides is 1. The van der Waals surface area contributed by atoms with Gasteiger partial charge in [-0.25, -0.2) is 8.42 Å². The molecule has 0 saturated carbocycles. The van der Waals surface area contributed by atoms with E-state index in [0.29, 0.717) is 17.3 Å². The lowest BCUT2D eigenvalue weighted by atomic mass is 9.83. The van der Waals surface area contributed by atoms with Crippen LogP contribution >= 0.6 is 27.3 Å². The van der Waals surface area contributed by atoms with Crippen LogP contribution in [0.3, 0.4) is 0 Å². The fourth-order valence-corrected chi connectivity index (χ4v) is 5.66. The Labute approximate surface area is 127 Å². The van der Waals surface area contributed by atoms with Crippen molar-refractivity contribution in [1.29, 1.82) is 0 Å². The first-order valence-corrected chi connectivity index (χ1v) is 9.21. The smallest absolute Gasteiger partial charge is 0.206 e. The maximum absolute atomic E-state index is 12.4. The quantitative estimate of drug-likeness (QED) is 0.747. The van der Waals surface area contributed by atoms with E-state index in [0.717, 1.165) is 10.2 Å². The van der Waals surface area contributed by atoms with Crippen LogP contribution in [-0.4, -0.2) is 25.8 Å². The highest BCUT2D eigenvalue weighted by atomic mass is 79.9. The van der Waals surface area contributed by atoms with E-state index in [1.807, 2.05) is 0 Å². The van der Waals surface area contributed by atoms with E-state index in [1.54, 1.807) is 16.4 Å². The van der Waals surface area contributed by atoms with Crippen molar-refractivity contribution in [3.8, 4) is 0 Å². The van der Waals surface area contributed by atoms with Gasteiger partial charge in [0.05, 0.1) is 3.79 Å². The molecule has 6 heteroatoms. The zero-order chi connectivity index (χ0) is 14.3. The van der Waals surface area contributed by atoms with Gasteiger partial charge in [0.25, 0.3) is 10.0 Å². The van der Waals surface area contributed by atoms with E-state index < -0.39 is 10.0 Å². The number of nitrogens with zero attached hydrogens (tertiary/aromatic N) is 1. The SMILES string of the molecule is CC(C)(C)C1=CCN(S(=O)(=O)c2ccc(Br)s2)CC1. The molecule has 2 heterocycles. The summed E-state index contributed by atoms with van der Waals surface area (Å²) >= 11 is 4.57. The third-order valence-electron chi connectivity index (χ3n) is 3.28. The van der Waals surface area contributed by atoms with Gasteiger partial charge in [-0.15, -0.1) is 11.3 Å². The van der Waals surface area contributed by atoms with Crippen LogP contribution < -0.4 is 0 Å². The van der Waals surface area contributed by atoms with E-state index in [-0.39, 0.29) is 5.41 Å². The van der Waals surface area contributed by atoms with Crippen molar-refractivity contribution in [2.24, 2.45) is 5.41 Å². The van der Waals surface area contributed by atoms with E-state index in [4.69, 9.17) is 0 Å². The molecule has 2 rings (SSSR count). The molecule has 0 spiro atoms. The molecule has 1 aliphatic heterocycles. The van der Waals surface area contributed by atoms with Gasteiger partial charge in [0.1, 0.15) is 4.21 Å².